The Hall–Kier alpha value is -1.75. The molecule has 2 aromatic rings. The van der Waals surface area contributed by atoms with Gasteiger partial charge in [-0.3, -0.25) is 4.68 Å². The van der Waals surface area contributed by atoms with E-state index in [2.05, 4.69) is 22.3 Å². The molecule has 0 radical (unpaired) electrons. The van der Waals surface area contributed by atoms with E-state index in [9.17, 15) is 4.39 Å². The molecule has 0 fully saturated rings. The molecular weight excluding hydrogens is 243 g/mol. The van der Waals surface area contributed by atoms with Crippen LogP contribution < -0.4 is 5.32 Å². The average molecular weight is 262 g/mol. The minimum Gasteiger partial charge on any atom is -0.313 e. The summed E-state index contributed by atoms with van der Waals surface area (Å²) in [6, 6.07) is 6.98. The van der Waals surface area contributed by atoms with Gasteiger partial charge in [-0.05, 0) is 30.7 Å². The van der Waals surface area contributed by atoms with Crippen LogP contribution in [-0.4, -0.2) is 27.4 Å². The van der Waals surface area contributed by atoms with Crippen molar-refractivity contribution in [1.82, 2.24) is 20.1 Å². The standard InChI is InChI=1S/C14H19FN4/c1-3-16-13(9-14-17-10-18-19(14)2)8-11-5-4-6-12(15)7-11/h4-7,10,13,16H,3,8-9H2,1-2H3. The van der Waals surface area contributed by atoms with Crippen molar-refractivity contribution in [3.63, 3.8) is 0 Å². The van der Waals surface area contributed by atoms with E-state index in [1.807, 2.05) is 13.1 Å². The summed E-state index contributed by atoms with van der Waals surface area (Å²) >= 11 is 0. The van der Waals surface area contributed by atoms with Crippen LogP contribution in [0.15, 0.2) is 30.6 Å². The third-order valence-corrected chi connectivity index (χ3v) is 3.10. The second kappa shape index (κ2) is 6.43. The van der Waals surface area contributed by atoms with Gasteiger partial charge in [0.2, 0.25) is 0 Å². The number of benzene rings is 1. The molecule has 0 amide bonds. The fourth-order valence-electron chi connectivity index (χ4n) is 2.18. The summed E-state index contributed by atoms with van der Waals surface area (Å²) in [5.41, 5.74) is 0.994. The van der Waals surface area contributed by atoms with Gasteiger partial charge < -0.3 is 5.32 Å². The molecule has 1 aromatic heterocycles. The molecule has 1 unspecified atom stereocenters. The van der Waals surface area contributed by atoms with Crippen LogP contribution in [0.4, 0.5) is 4.39 Å². The maximum absolute atomic E-state index is 13.2. The second-order valence-electron chi connectivity index (χ2n) is 4.59. The number of hydrogen-bond donors (Lipinski definition) is 1. The van der Waals surface area contributed by atoms with E-state index in [0.29, 0.717) is 0 Å². The fraction of sp³-hybridized carbons (Fsp3) is 0.429. The molecule has 4 nitrogen and oxygen atoms in total. The van der Waals surface area contributed by atoms with Crippen molar-refractivity contribution in [2.24, 2.45) is 7.05 Å². The topological polar surface area (TPSA) is 42.7 Å². The van der Waals surface area contributed by atoms with E-state index in [0.717, 1.165) is 30.8 Å². The minimum atomic E-state index is -0.189. The summed E-state index contributed by atoms with van der Waals surface area (Å²) in [7, 11) is 1.88. The Bertz CT molecular complexity index is 524. The van der Waals surface area contributed by atoms with Crippen LogP contribution in [0.1, 0.15) is 18.3 Å². The molecule has 1 atom stereocenters. The Balaban J connectivity index is 2.06. The molecule has 1 N–H and O–H groups in total. The summed E-state index contributed by atoms with van der Waals surface area (Å²) in [6.45, 7) is 2.94. The predicted molar refractivity (Wildman–Crippen MR) is 72.3 cm³/mol. The number of nitrogens with zero attached hydrogens (tertiary/aromatic N) is 3. The van der Waals surface area contributed by atoms with E-state index in [1.54, 1.807) is 23.1 Å². The lowest BCUT2D eigenvalue weighted by molar-refractivity contribution is 0.497. The molecule has 0 aliphatic heterocycles. The number of aryl methyl sites for hydroxylation is 1. The van der Waals surface area contributed by atoms with E-state index in [1.165, 1.54) is 6.07 Å². The smallest absolute Gasteiger partial charge is 0.138 e. The number of likely N-dealkylation sites (N-methyl/N-ethyl adjacent to an activating group) is 1. The van der Waals surface area contributed by atoms with Gasteiger partial charge in [-0.1, -0.05) is 19.1 Å². The first-order valence-corrected chi connectivity index (χ1v) is 6.49. The average Bonchev–Trinajstić information content (AvgIpc) is 2.75. The largest absolute Gasteiger partial charge is 0.313 e. The third kappa shape index (κ3) is 3.86. The first-order chi connectivity index (χ1) is 9.19. The van der Waals surface area contributed by atoms with Gasteiger partial charge in [0.05, 0.1) is 0 Å². The SMILES string of the molecule is CCNC(Cc1cccc(F)c1)Cc1ncnn1C. The third-order valence-electron chi connectivity index (χ3n) is 3.10. The molecule has 0 saturated heterocycles. The van der Waals surface area contributed by atoms with Gasteiger partial charge in [0.15, 0.2) is 0 Å². The highest BCUT2D eigenvalue weighted by Crippen LogP contribution is 2.09. The van der Waals surface area contributed by atoms with E-state index in [-0.39, 0.29) is 11.9 Å². The molecule has 5 heteroatoms. The van der Waals surface area contributed by atoms with Crippen LogP contribution in [0.5, 0.6) is 0 Å². The summed E-state index contributed by atoms with van der Waals surface area (Å²) in [5, 5.41) is 7.48. The Morgan fingerprint density at radius 3 is 2.84 bits per heavy atom. The highest BCUT2D eigenvalue weighted by molar-refractivity contribution is 5.17. The van der Waals surface area contributed by atoms with Crippen LogP contribution in [0.3, 0.4) is 0 Å². The van der Waals surface area contributed by atoms with Gasteiger partial charge >= 0.3 is 0 Å². The van der Waals surface area contributed by atoms with Gasteiger partial charge in [0.1, 0.15) is 18.0 Å². The molecule has 0 bridgehead atoms. The molecule has 1 aromatic carbocycles. The summed E-state index contributed by atoms with van der Waals surface area (Å²) in [5.74, 6) is 0.744. The molecule has 0 spiro atoms. The number of rotatable bonds is 6. The number of hydrogen-bond acceptors (Lipinski definition) is 3. The summed E-state index contributed by atoms with van der Waals surface area (Å²) < 4.78 is 15.0. The zero-order valence-corrected chi connectivity index (χ0v) is 11.3. The molecule has 2 rings (SSSR count). The highest BCUT2D eigenvalue weighted by Gasteiger charge is 2.13. The second-order valence-corrected chi connectivity index (χ2v) is 4.59. The summed E-state index contributed by atoms with van der Waals surface area (Å²) in [4.78, 5) is 4.23. The van der Waals surface area contributed by atoms with Crippen molar-refractivity contribution in [1.29, 1.82) is 0 Å². The zero-order chi connectivity index (χ0) is 13.7. The number of halogens is 1. The Morgan fingerprint density at radius 2 is 2.21 bits per heavy atom. The normalized spacial score (nSPS) is 12.6. The van der Waals surface area contributed by atoms with E-state index < -0.39 is 0 Å². The van der Waals surface area contributed by atoms with Crippen LogP contribution in [0.2, 0.25) is 0 Å². The lowest BCUT2D eigenvalue weighted by Gasteiger charge is -2.17. The van der Waals surface area contributed by atoms with Crippen LogP contribution in [-0.2, 0) is 19.9 Å². The molecule has 0 aliphatic carbocycles. The van der Waals surface area contributed by atoms with Crippen molar-refractivity contribution in [2.75, 3.05) is 6.54 Å². The molecule has 102 valence electrons. The molecule has 1 heterocycles. The minimum absolute atomic E-state index is 0.189. The Morgan fingerprint density at radius 1 is 1.37 bits per heavy atom. The maximum atomic E-state index is 13.2. The monoisotopic (exact) mass is 262 g/mol. The quantitative estimate of drug-likeness (QED) is 0.862. The first-order valence-electron chi connectivity index (χ1n) is 6.49. The highest BCUT2D eigenvalue weighted by atomic mass is 19.1. The van der Waals surface area contributed by atoms with Gasteiger partial charge in [-0.15, -0.1) is 0 Å². The molecule has 19 heavy (non-hydrogen) atoms. The van der Waals surface area contributed by atoms with Gasteiger partial charge in [0.25, 0.3) is 0 Å². The van der Waals surface area contributed by atoms with Crippen molar-refractivity contribution in [3.8, 4) is 0 Å². The van der Waals surface area contributed by atoms with Crippen molar-refractivity contribution in [2.45, 2.75) is 25.8 Å². The number of nitrogens with one attached hydrogen (secondary N) is 1. The Labute approximate surface area is 112 Å². The van der Waals surface area contributed by atoms with Gasteiger partial charge in [-0.2, -0.15) is 5.10 Å². The van der Waals surface area contributed by atoms with Crippen molar-refractivity contribution < 1.29 is 4.39 Å². The maximum Gasteiger partial charge on any atom is 0.138 e. The Kier molecular flexibility index (Phi) is 4.63. The van der Waals surface area contributed by atoms with Crippen molar-refractivity contribution >= 4 is 0 Å². The number of aromatic nitrogens is 3. The van der Waals surface area contributed by atoms with Gasteiger partial charge in [-0.25, -0.2) is 9.37 Å². The molecule has 0 saturated carbocycles. The van der Waals surface area contributed by atoms with Crippen LogP contribution >= 0.6 is 0 Å². The lowest BCUT2D eigenvalue weighted by atomic mass is 10.0. The van der Waals surface area contributed by atoms with Crippen LogP contribution in [0.25, 0.3) is 0 Å². The first kappa shape index (κ1) is 13.7. The van der Waals surface area contributed by atoms with Crippen molar-refractivity contribution in [3.05, 3.63) is 47.8 Å². The summed E-state index contributed by atoms with van der Waals surface area (Å²) in [6.07, 6.45) is 3.11. The van der Waals surface area contributed by atoms with Crippen LogP contribution in [0, 0.1) is 5.82 Å². The molecule has 0 aliphatic rings. The predicted octanol–water partition coefficient (Wildman–Crippen LogP) is 1.72. The van der Waals surface area contributed by atoms with Gasteiger partial charge in [0, 0.05) is 19.5 Å². The fourth-order valence-corrected chi connectivity index (χ4v) is 2.18. The van der Waals surface area contributed by atoms with E-state index >= 15 is 0 Å². The lowest BCUT2D eigenvalue weighted by Crippen LogP contribution is -2.34. The van der Waals surface area contributed by atoms with E-state index in [4.69, 9.17) is 0 Å². The zero-order valence-electron chi connectivity index (χ0n) is 11.3. The molecular formula is C14H19FN4.